The second kappa shape index (κ2) is 5.95. The van der Waals surface area contributed by atoms with E-state index < -0.39 is 0 Å². The van der Waals surface area contributed by atoms with Crippen molar-refractivity contribution in [2.45, 2.75) is 38.1 Å². The van der Waals surface area contributed by atoms with Gasteiger partial charge in [-0.2, -0.15) is 0 Å². The Kier molecular flexibility index (Phi) is 4.05. The third kappa shape index (κ3) is 2.87. The monoisotopic (exact) mass is 337 g/mol. The van der Waals surface area contributed by atoms with E-state index in [0.717, 1.165) is 16.1 Å². The molecule has 0 radical (unpaired) electrons. The van der Waals surface area contributed by atoms with Gasteiger partial charge >= 0.3 is 0 Å². The lowest BCUT2D eigenvalue weighted by molar-refractivity contribution is 0.460. The average Bonchev–Trinajstić information content (AvgIpc) is 2.88. The highest BCUT2D eigenvalue weighted by molar-refractivity contribution is 9.10. The number of benzene rings is 1. The number of rotatable bonds is 3. The third-order valence-corrected chi connectivity index (χ3v) is 4.38. The first kappa shape index (κ1) is 13.6. The number of anilines is 1. The second-order valence-electron chi connectivity index (χ2n) is 5.20. The summed E-state index contributed by atoms with van der Waals surface area (Å²) in [5.74, 6) is 0.576. The molecule has 1 fully saturated rings. The van der Waals surface area contributed by atoms with E-state index in [4.69, 9.17) is 0 Å². The largest absolute Gasteiger partial charge is 0.353 e. The third-order valence-electron chi connectivity index (χ3n) is 3.75. The van der Waals surface area contributed by atoms with Gasteiger partial charge in [0.25, 0.3) is 0 Å². The molecule has 0 amide bonds. The van der Waals surface area contributed by atoms with Crippen molar-refractivity contribution in [3.63, 3.8) is 0 Å². The topological polar surface area (TPSA) is 29.9 Å². The van der Waals surface area contributed by atoms with Gasteiger partial charge in [-0.05, 0) is 47.0 Å². The van der Waals surface area contributed by atoms with Crippen molar-refractivity contribution in [1.29, 1.82) is 0 Å². The fraction of sp³-hybridized carbons (Fsp3) is 0.400. The van der Waals surface area contributed by atoms with Crippen LogP contribution in [0, 0.1) is 5.82 Å². The van der Waals surface area contributed by atoms with Crippen LogP contribution in [0.3, 0.4) is 0 Å². The Balaban J connectivity index is 1.85. The summed E-state index contributed by atoms with van der Waals surface area (Å²) in [5, 5.41) is 3.51. The Morgan fingerprint density at radius 3 is 2.80 bits per heavy atom. The summed E-state index contributed by atoms with van der Waals surface area (Å²) in [6.45, 7) is 0. The minimum Gasteiger partial charge on any atom is -0.353 e. The van der Waals surface area contributed by atoms with Gasteiger partial charge in [0.05, 0.1) is 5.69 Å². The molecule has 2 aromatic rings. The fourth-order valence-electron chi connectivity index (χ4n) is 2.71. The molecular weight excluding hydrogens is 321 g/mol. The molecule has 1 aliphatic rings. The van der Waals surface area contributed by atoms with Crippen LogP contribution in [0.25, 0.3) is 5.69 Å². The average molecular weight is 338 g/mol. The Morgan fingerprint density at radius 2 is 2.05 bits per heavy atom. The van der Waals surface area contributed by atoms with E-state index in [9.17, 15) is 4.39 Å². The van der Waals surface area contributed by atoms with Crippen molar-refractivity contribution in [3.05, 3.63) is 40.9 Å². The lowest BCUT2D eigenvalue weighted by atomic mass is 9.96. The molecule has 1 saturated carbocycles. The molecule has 0 aliphatic heterocycles. The molecule has 1 aromatic carbocycles. The maximum Gasteiger partial charge on any atom is 0.207 e. The Morgan fingerprint density at radius 1 is 1.25 bits per heavy atom. The minimum atomic E-state index is -0.248. The van der Waals surface area contributed by atoms with Gasteiger partial charge in [0.15, 0.2) is 0 Å². The normalized spacial score (nSPS) is 16.3. The lowest BCUT2D eigenvalue weighted by Gasteiger charge is -2.23. The van der Waals surface area contributed by atoms with E-state index in [1.54, 1.807) is 12.3 Å². The summed E-state index contributed by atoms with van der Waals surface area (Å²) >= 11 is 3.41. The summed E-state index contributed by atoms with van der Waals surface area (Å²) in [5.41, 5.74) is 0.891. The van der Waals surface area contributed by atoms with Crippen LogP contribution in [0.4, 0.5) is 10.3 Å². The van der Waals surface area contributed by atoms with Gasteiger partial charge in [0.1, 0.15) is 5.82 Å². The number of nitrogens with one attached hydrogen (secondary N) is 1. The van der Waals surface area contributed by atoms with Crippen LogP contribution < -0.4 is 5.32 Å². The van der Waals surface area contributed by atoms with Gasteiger partial charge in [-0.25, -0.2) is 9.37 Å². The zero-order chi connectivity index (χ0) is 13.9. The molecule has 1 aliphatic carbocycles. The van der Waals surface area contributed by atoms with Gasteiger partial charge in [0.2, 0.25) is 5.95 Å². The van der Waals surface area contributed by atoms with Crippen LogP contribution in [0.5, 0.6) is 0 Å². The predicted octanol–water partition coefficient (Wildman–Crippen LogP) is 4.52. The SMILES string of the molecule is Fc1ccc(-n2ccnc2NC2CCCCC2)c(Br)c1. The van der Waals surface area contributed by atoms with Crippen molar-refractivity contribution in [1.82, 2.24) is 9.55 Å². The van der Waals surface area contributed by atoms with Crippen LogP contribution in [0.2, 0.25) is 0 Å². The lowest BCUT2D eigenvalue weighted by Crippen LogP contribution is -2.24. The molecule has 5 heteroatoms. The van der Waals surface area contributed by atoms with Gasteiger partial charge in [0, 0.05) is 22.9 Å². The number of hydrogen-bond donors (Lipinski definition) is 1. The van der Waals surface area contributed by atoms with Crippen molar-refractivity contribution >= 4 is 21.9 Å². The molecule has 0 saturated heterocycles. The molecule has 1 aromatic heterocycles. The standard InChI is InChI=1S/C15H17BrFN3/c16-13-10-11(17)6-7-14(13)20-9-8-18-15(20)19-12-4-2-1-3-5-12/h6-10,12H,1-5H2,(H,18,19). The number of aromatic nitrogens is 2. The van der Waals surface area contributed by atoms with Gasteiger partial charge in [-0.3, -0.25) is 4.57 Å². The number of imidazole rings is 1. The predicted molar refractivity (Wildman–Crippen MR) is 81.7 cm³/mol. The van der Waals surface area contributed by atoms with Gasteiger partial charge in [-0.15, -0.1) is 0 Å². The van der Waals surface area contributed by atoms with Crippen molar-refractivity contribution < 1.29 is 4.39 Å². The summed E-state index contributed by atoms with van der Waals surface area (Å²) in [6.07, 6.45) is 9.92. The molecule has 3 rings (SSSR count). The Hall–Kier alpha value is -1.36. The van der Waals surface area contributed by atoms with E-state index in [2.05, 4.69) is 26.2 Å². The molecular formula is C15H17BrFN3. The number of nitrogens with zero attached hydrogens (tertiary/aromatic N) is 2. The molecule has 20 heavy (non-hydrogen) atoms. The molecule has 0 bridgehead atoms. The maximum atomic E-state index is 13.2. The first-order valence-corrected chi connectivity index (χ1v) is 7.78. The molecule has 0 unspecified atom stereocenters. The van der Waals surface area contributed by atoms with Crippen LogP contribution in [0.15, 0.2) is 35.1 Å². The summed E-state index contributed by atoms with van der Waals surface area (Å²) in [6, 6.07) is 5.18. The van der Waals surface area contributed by atoms with Crippen molar-refractivity contribution in [3.8, 4) is 5.69 Å². The van der Waals surface area contributed by atoms with Crippen LogP contribution in [0.1, 0.15) is 32.1 Å². The fourth-order valence-corrected chi connectivity index (χ4v) is 3.25. The molecule has 0 spiro atoms. The zero-order valence-corrected chi connectivity index (χ0v) is 12.7. The van der Waals surface area contributed by atoms with E-state index in [1.807, 2.05) is 10.8 Å². The van der Waals surface area contributed by atoms with E-state index in [0.29, 0.717) is 6.04 Å². The van der Waals surface area contributed by atoms with Gasteiger partial charge < -0.3 is 5.32 Å². The van der Waals surface area contributed by atoms with E-state index >= 15 is 0 Å². The highest BCUT2D eigenvalue weighted by Gasteiger charge is 2.16. The van der Waals surface area contributed by atoms with Crippen molar-refractivity contribution in [2.24, 2.45) is 0 Å². The summed E-state index contributed by atoms with van der Waals surface area (Å²) in [4.78, 5) is 4.39. The van der Waals surface area contributed by atoms with Crippen LogP contribution >= 0.6 is 15.9 Å². The van der Waals surface area contributed by atoms with Crippen molar-refractivity contribution in [2.75, 3.05) is 5.32 Å². The summed E-state index contributed by atoms with van der Waals surface area (Å²) in [7, 11) is 0. The number of hydrogen-bond acceptors (Lipinski definition) is 2. The molecule has 1 N–H and O–H groups in total. The van der Waals surface area contributed by atoms with E-state index in [1.165, 1.54) is 44.2 Å². The molecule has 3 nitrogen and oxygen atoms in total. The van der Waals surface area contributed by atoms with Crippen LogP contribution in [-0.2, 0) is 0 Å². The minimum absolute atomic E-state index is 0.248. The first-order valence-electron chi connectivity index (χ1n) is 6.99. The Labute approximate surface area is 126 Å². The van der Waals surface area contributed by atoms with E-state index in [-0.39, 0.29) is 5.82 Å². The summed E-state index contributed by atoms with van der Waals surface area (Å²) < 4.78 is 15.9. The molecule has 1 heterocycles. The molecule has 106 valence electrons. The Bertz CT molecular complexity index is 591. The molecule has 0 atom stereocenters. The highest BCUT2D eigenvalue weighted by atomic mass is 79.9. The second-order valence-corrected chi connectivity index (χ2v) is 6.05. The smallest absolute Gasteiger partial charge is 0.207 e. The van der Waals surface area contributed by atoms with Gasteiger partial charge in [-0.1, -0.05) is 19.3 Å². The quantitative estimate of drug-likeness (QED) is 0.892. The highest BCUT2D eigenvalue weighted by Crippen LogP contribution is 2.26. The maximum absolute atomic E-state index is 13.2. The first-order chi connectivity index (χ1) is 9.74. The number of halogens is 2. The van der Waals surface area contributed by atoms with Crippen LogP contribution in [-0.4, -0.2) is 15.6 Å². The zero-order valence-electron chi connectivity index (χ0n) is 11.1.